The Labute approximate surface area is 303 Å². The third-order valence-electron chi connectivity index (χ3n) is 8.13. The molecule has 0 atom stereocenters. The number of hydrogen-bond acceptors (Lipinski definition) is 0. The van der Waals surface area contributed by atoms with E-state index in [9.17, 15) is 0 Å². The molecule has 234 valence electrons. The van der Waals surface area contributed by atoms with Crippen LogP contribution in [0.15, 0.2) is 121 Å². The van der Waals surface area contributed by atoms with Crippen LogP contribution in [0.1, 0.15) is 42.0 Å². The molecule has 0 aliphatic heterocycles. The second-order valence-corrected chi connectivity index (χ2v) is 21.8. The maximum atomic E-state index is 2.34. The van der Waals surface area contributed by atoms with Gasteiger partial charge in [-0.25, -0.2) is 0 Å². The predicted octanol–water partition coefficient (Wildman–Crippen LogP) is 6.45. The molecule has 0 saturated heterocycles. The van der Waals surface area contributed by atoms with Gasteiger partial charge in [-0.2, -0.15) is 12.1 Å². The summed E-state index contributed by atoms with van der Waals surface area (Å²) in [5, 5.41) is 8.08. The number of hydrogen-bond donors (Lipinski definition) is 0. The molecule has 0 nitrogen and oxygen atoms in total. The molecule has 0 bridgehead atoms. The van der Waals surface area contributed by atoms with Crippen LogP contribution in [-0.2, 0) is 23.3 Å². The summed E-state index contributed by atoms with van der Waals surface area (Å²) in [4.78, 5) is 0. The van der Waals surface area contributed by atoms with Crippen molar-refractivity contribution in [1.29, 1.82) is 0 Å². The van der Waals surface area contributed by atoms with E-state index in [0.29, 0.717) is 5.92 Å². The predicted molar refractivity (Wildman–Crippen MR) is 193 cm³/mol. The first-order chi connectivity index (χ1) is 21.1. The Hall–Kier alpha value is -2.74. The third-order valence-corrected chi connectivity index (χ3v) is 8.13. The van der Waals surface area contributed by atoms with Gasteiger partial charge < -0.3 is 24.8 Å². The normalized spacial score (nSPS) is 10.5. The zero-order valence-electron chi connectivity index (χ0n) is 27.9. The Kier molecular flexibility index (Phi) is 13.9. The Morgan fingerprint density at radius 2 is 1.22 bits per heavy atom. The van der Waals surface area contributed by atoms with Gasteiger partial charge in [-0.3, -0.25) is 0 Å². The first-order valence-corrected chi connectivity index (χ1v) is 21.7. The second-order valence-electron chi connectivity index (χ2n) is 12.4. The van der Waals surface area contributed by atoms with E-state index >= 15 is 0 Å². The molecule has 0 aliphatic rings. The summed E-state index contributed by atoms with van der Waals surface area (Å²) in [6.45, 7) is 15.6. The molecule has 0 fully saturated rings. The van der Waals surface area contributed by atoms with Crippen molar-refractivity contribution in [3.63, 3.8) is 0 Å². The molecule has 0 saturated carbocycles. The average molecular weight is 737 g/mol. The van der Waals surface area contributed by atoms with Crippen LogP contribution < -0.4 is 24.8 Å². The van der Waals surface area contributed by atoms with E-state index in [1.54, 1.807) is 23.3 Å². The fraction of sp³-hybridized carbons (Fsp3) is 0.190. The van der Waals surface area contributed by atoms with Gasteiger partial charge in [-0.15, -0.1) is 68.6 Å². The van der Waals surface area contributed by atoms with Crippen molar-refractivity contribution in [3.8, 4) is 22.3 Å². The summed E-state index contributed by atoms with van der Waals surface area (Å²) in [5.74, 6) is 0.582. The van der Waals surface area contributed by atoms with Gasteiger partial charge in [-0.1, -0.05) is 123 Å². The standard InChI is InChI=1S/C21H17.C19H19.C2H6Si.2ClH.Zr/c1-14-12-20-15(2)10-11-19(21(20)13-14)18-9-5-7-16-6-3-4-8-17(16)18;1-13(2)17-11-16-5-4-6-18(19(16)12-17)15-9-7-14(3)8-10-15;1-3-2;;;/h3-13H,1-2H3;4-13H,1-3H3;1-2H3;2*1H;/q2*-1;;;;+2/p-2. The van der Waals surface area contributed by atoms with Crippen LogP contribution in [0.4, 0.5) is 0 Å². The molecule has 4 heteroatoms. The largest absolute Gasteiger partial charge is 1.00 e. The van der Waals surface area contributed by atoms with E-state index in [1.165, 1.54) is 76.8 Å². The van der Waals surface area contributed by atoms with Gasteiger partial charge in [-0.05, 0) is 34.7 Å². The molecule has 0 heterocycles. The summed E-state index contributed by atoms with van der Waals surface area (Å²) in [6.07, 6.45) is 0. The number of fused-ring (bicyclic) bond motifs is 3. The molecule has 0 unspecified atom stereocenters. The fourth-order valence-corrected chi connectivity index (χ4v) is 5.86. The zero-order valence-corrected chi connectivity index (χ0v) is 32.9. The first kappa shape index (κ1) is 37.7. The van der Waals surface area contributed by atoms with Gasteiger partial charge in [0.15, 0.2) is 0 Å². The Morgan fingerprint density at radius 1 is 0.609 bits per heavy atom. The van der Waals surface area contributed by atoms with Gasteiger partial charge in [0.25, 0.3) is 0 Å². The maximum Gasteiger partial charge on any atom is -0.0114 e. The minimum atomic E-state index is 0. The van der Waals surface area contributed by atoms with E-state index in [4.69, 9.17) is 0 Å². The summed E-state index contributed by atoms with van der Waals surface area (Å²) in [5.41, 5.74) is 10.9. The molecule has 7 aromatic carbocycles. The molecule has 7 rings (SSSR count). The van der Waals surface area contributed by atoms with Crippen LogP contribution in [0.25, 0.3) is 54.6 Å². The molecule has 0 aliphatic carbocycles. The zero-order chi connectivity index (χ0) is 31.4. The van der Waals surface area contributed by atoms with E-state index in [0.717, 1.165) is 0 Å². The van der Waals surface area contributed by atoms with Gasteiger partial charge >= 0.3 is 41.9 Å². The van der Waals surface area contributed by atoms with Crippen molar-refractivity contribution < 1.29 is 48.1 Å². The topological polar surface area (TPSA) is 0 Å². The minimum absolute atomic E-state index is 0. The van der Waals surface area contributed by atoms with E-state index < -0.39 is 0 Å². The number of aryl methyl sites for hydroxylation is 3. The van der Waals surface area contributed by atoms with Crippen LogP contribution in [0.3, 0.4) is 0 Å². The number of halogens is 2. The summed E-state index contributed by atoms with van der Waals surface area (Å²) in [7, 11) is 0. The van der Waals surface area contributed by atoms with Crippen molar-refractivity contribution in [1.82, 2.24) is 0 Å². The fourth-order valence-electron chi connectivity index (χ4n) is 5.86. The Bertz CT molecular complexity index is 2050. The molecule has 0 spiro atoms. The number of benzene rings is 5. The van der Waals surface area contributed by atoms with Crippen LogP contribution in [0.2, 0.25) is 13.1 Å². The molecule has 46 heavy (non-hydrogen) atoms. The minimum Gasteiger partial charge on any atom is -1.00 e. The van der Waals surface area contributed by atoms with Crippen LogP contribution in [-0.4, -0.2) is 5.43 Å². The van der Waals surface area contributed by atoms with Gasteiger partial charge in [0.05, 0.1) is 0 Å². The SMILES string of the molecule is C[Si](C)=[Zr+2].Cc1cc2c(-c3cccc4ccccc34)ccc(C)c2[cH-]1.Cc1ccc(-c2cccc3[cH-]c(C(C)C)cc23)cc1.[Cl-].[Cl-]. The van der Waals surface area contributed by atoms with Crippen LogP contribution >= 0.6 is 0 Å². The maximum absolute atomic E-state index is 2.34. The molecule has 0 amide bonds. The molecular weight excluding hydrogens is 695 g/mol. The van der Waals surface area contributed by atoms with Crippen molar-refractivity contribution in [2.24, 2.45) is 0 Å². The molecule has 0 aromatic heterocycles. The van der Waals surface area contributed by atoms with Crippen LogP contribution in [0, 0.1) is 20.8 Å². The summed E-state index contributed by atoms with van der Waals surface area (Å²) in [6, 6.07) is 44.3. The van der Waals surface area contributed by atoms with Crippen LogP contribution in [0.5, 0.6) is 0 Å². The monoisotopic (exact) mass is 734 g/mol. The quantitative estimate of drug-likeness (QED) is 0.145. The molecule has 0 N–H and O–H groups in total. The molecule has 7 aromatic rings. The van der Waals surface area contributed by atoms with Gasteiger partial charge in [0, 0.05) is 0 Å². The van der Waals surface area contributed by atoms with Crippen molar-refractivity contribution >= 4 is 37.8 Å². The van der Waals surface area contributed by atoms with Gasteiger partial charge in [0.2, 0.25) is 0 Å². The van der Waals surface area contributed by atoms with Crippen molar-refractivity contribution in [2.75, 3.05) is 0 Å². The number of rotatable bonds is 3. The second kappa shape index (κ2) is 16.9. The van der Waals surface area contributed by atoms with E-state index in [2.05, 4.69) is 169 Å². The first-order valence-electron chi connectivity index (χ1n) is 15.6. The van der Waals surface area contributed by atoms with E-state index in [1.807, 2.05) is 0 Å². The Balaban J connectivity index is 0.000000217. The average Bonchev–Trinajstić information content (AvgIpc) is 3.62. The third kappa shape index (κ3) is 8.78. The van der Waals surface area contributed by atoms with E-state index in [-0.39, 0.29) is 30.2 Å². The molecule has 0 radical (unpaired) electrons. The van der Waals surface area contributed by atoms with Gasteiger partial charge in [0.1, 0.15) is 0 Å². The summed E-state index contributed by atoms with van der Waals surface area (Å²) >= 11 is 1.74. The summed E-state index contributed by atoms with van der Waals surface area (Å²) < 4.78 is 0. The van der Waals surface area contributed by atoms with Crippen molar-refractivity contribution in [2.45, 2.75) is 53.6 Å². The molecular formula is C42H42Cl2SiZr-2. The van der Waals surface area contributed by atoms with Crippen molar-refractivity contribution in [3.05, 3.63) is 144 Å². The Morgan fingerprint density at radius 3 is 1.91 bits per heavy atom. The smallest absolute Gasteiger partial charge is 0.0114 e.